The Kier molecular flexibility index (Phi) is 11.6. The molecule has 0 spiro atoms. The van der Waals surface area contributed by atoms with Crippen LogP contribution in [0, 0.1) is 0 Å². The molecule has 152 valence electrons. The quantitative estimate of drug-likeness (QED) is 0.373. The van der Waals surface area contributed by atoms with Crippen LogP contribution in [0.2, 0.25) is 6.04 Å². The smallest absolute Gasteiger partial charge is 0.374 e. The number of rotatable bonds is 14. The fourth-order valence-corrected chi connectivity index (χ4v) is 5.21. The molecular formula is C19H32N2O5Si. The van der Waals surface area contributed by atoms with E-state index < -0.39 is 8.80 Å². The van der Waals surface area contributed by atoms with Crippen molar-refractivity contribution in [3.63, 3.8) is 0 Å². The second-order valence-corrected chi connectivity index (χ2v) is 8.58. The molecule has 0 heterocycles. The van der Waals surface area contributed by atoms with E-state index in [4.69, 9.17) is 13.3 Å². The van der Waals surface area contributed by atoms with E-state index in [9.17, 15) is 9.59 Å². The highest BCUT2D eigenvalue weighted by atomic mass is 28.4. The van der Waals surface area contributed by atoms with Crippen LogP contribution in [0.5, 0.6) is 0 Å². The van der Waals surface area contributed by atoms with Crippen molar-refractivity contribution < 1.29 is 22.9 Å². The normalized spacial score (nSPS) is 11.2. The van der Waals surface area contributed by atoms with E-state index >= 15 is 0 Å². The molecule has 2 N–H and O–H groups in total. The van der Waals surface area contributed by atoms with Crippen molar-refractivity contribution in [2.75, 3.05) is 31.7 Å². The van der Waals surface area contributed by atoms with E-state index in [0.29, 0.717) is 38.8 Å². The molecule has 27 heavy (non-hydrogen) atoms. The summed E-state index contributed by atoms with van der Waals surface area (Å²) in [4.78, 5) is 23.8. The summed E-state index contributed by atoms with van der Waals surface area (Å²) >= 11 is 0. The molecule has 0 fully saturated rings. The zero-order chi connectivity index (χ0) is 20.0. The van der Waals surface area contributed by atoms with E-state index in [1.807, 2.05) is 51.1 Å². The maximum atomic E-state index is 11.9. The minimum atomic E-state index is -2.66. The van der Waals surface area contributed by atoms with Crippen LogP contribution in [0.4, 0.5) is 5.69 Å². The lowest BCUT2D eigenvalue weighted by Crippen LogP contribution is -2.46. The molecule has 0 bridgehead atoms. The second kappa shape index (κ2) is 13.4. The van der Waals surface area contributed by atoms with Gasteiger partial charge in [-0.25, -0.2) is 0 Å². The number of para-hydroxylation sites is 1. The number of benzene rings is 1. The van der Waals surface area contributed by atoms with E-state index in [0.717, 1.165) is 5.69 Å². The Morgan fingerprint density at radius 3 is 2.00 bits per heavy atom. The lowest BCUT2D eigenvalue weighted by molar-refractivity contribution is -0.124. The predicted octanol–water partition coefficient (Wildman–Crippen LogP) is 2.96. The van der Waals surface area contributed by atoms with Gasteiger partial charge in [-0.15, -0.1) is 0 Å². The molecule has 1 aromatic rings. The molecular weight excluding hydrogens is 364 g/mol. The fraction of sp³-hybridized carbons (Fsp3) is 0.579. The average Bonchev–Trinajstić information content (AvgIpc) is 2.65. The Hall–Kier alpha value is -1.74. The van der Waals surface area contributed by atoms with Gasteiger partial charge in [0.1, 0.15) is 0 Å². The van der Waals surface area contributed by atoms with Crippen LogP contribution in [-0.2, 0) is 22.9 Å². The van der Waals surface area contributed by atoms with Gasteiger partial charge in [0, 0.05) is 50.9 Å². The summed E-state index contributed by atoms with van der Waals surface area (Å²) in [6.07, 6.45) is 1.01. The third-order valence-electron chi connectivity index (χ3n) is 3.71. The summed E-state index contributed by atoms with van der Waals surface area (Å²) in [6, 6.07) is 9.84. The van der Waals surface area contributed by atoms with Gasteiger partial charge >= 0.3 is 8.80 Å². The Labute approximate surface area is 163 Å². The molecule has 0 saturated heterocycles. The van der Waals surface area contributed by atoms with Crippen molar-refractivity contribution >= 4 is 26.3 Å². The van der Waals surface area contributed by atoms with Crippen molar-refractivity contribution in [1.29, 1.82) is 0 Å². The van der Waals surface area contributed by atoms with Gasteiger partial charge in [-0.2, -0.15) is 0 Å². The van der Waals surface area contributed by atoms with Gasteiger partial charge in [-0.3, -0.25) is 9.59 Å². The van der Waals surface area contributed by atoms with Crippen LogP contribution in [0.3, 0.4) is 0 Å². The number of hydrogen-bond acceptors (Lipinski definition) is 5. The molecule has 0 saturated carbocycles. The maximum absolute atomic E-state index is 11.9. The number of amides is 2. The molecule has 0 aliphatic rings. The summed E-state index contributed by atoms with van der Waals surface area (Å²) in [7, 11) is -2.66. The topological polar surface area (TPSA) is 85.9 Å². The van der Waals surface area contributed by atoms with Crippen LogP contribution < -0.4 is 10.6 Å². The lowest BCUT2D eigenvalue weighted by atomic mass is 10.2. The zero-order valence-electron chi connectivity index (χ0n) is 16.6. The van der Waals surface area contributed by atoms with Crippen LogP contribution in [0.25, 0.3) is 0 Å². The first-order valence-corrected chi connectivity index (χ1v) is 11.5. The summed E-state index contributed by atoms with van der Waals surface area (Å²) < 4.78 is 17.3. The Morgan fingerprint density at radius 1 is 0.889 bits per heavy atom. The Bertz CT molecular complexity index is 539. The first-order valence-electron chi connectivity index (χ1n) is 9.58. The Morgan fingerprint density at radius 2 is 1.44 bits per heavy atom. The van der Waals surface area contributed by atoms with Gasteiger partial charge in [0.15, 0.2) is 0 Å². The molecule has 8 heteroatoms. The largest absolute Gasteiger partial charge is 0.500 e. The number of anilines is 1. The van der Waals surface area contributed by atoms with Crippen molar-refractivity contribution in [3.8, 4) is 0 Å². The lowest BCUT2D eigenvalue weighted by Gasteiger charge is -2.28. The number of carbonyl (C=O) groups excluding carboxylic acids is 2. The second-order valence-electron chi connectivity index (χ2n) is 5.85. The van der Waals surface area contributed by atoms with Crippen LogP contribution in [-0.4, -0.2) is 47.0 Å². The predicted molar refractivity (Wildman–Crippen MR) is 107 cm³/mol. The molecule has 0 unspecified atom stereocenters. The SMILES string of the molecule is CCO[Si](CCCNC(=O)CCC(=O)Nc1ccccc1)(OCC)OCC. The van der Waals surface area contributed by atoms with Gasteiger partial charge in [-0.05, 0) is 39.3 Å². The van der Waals surface area contributed by atoms with Crippen LogP contribution in [0.15, 0.2) is 30.3 Å². The van der Waals surface area contributed by atoms with Gasteiger partial charge in [0.05, 0.1) is 0 Å². The summed E-state index contributed by atoms with van der Waals surface area (Å²) in [6.45, 7) is 7.87. The van der Waals surface area contributed by atoms with E-state index in [1.165, 1.54) is 0 Å². The summed E-state index contributed by atoms with van der Waals surface area (Å²) in [5.74, 6) is -0.318. The van der Waals surface area contributed by atoms with Crippen LogP contribution >= 0.6 is 0 Å². The minimum Gasteiger partial charge on any atom is -0.374 e. The van der Waals surface area contributed by atoms with E-state index in [1.54, 1.807) is 0 Å². The maximum Gasteiger partial charge on any atom is 0.500 e. The molecule has 2 amide bonds. The van der Waals surface area contributed by atoms with Gasteiger partial charge in [-0.1, -0.05) is 18.2 Å². The van der Waals surface area contributed by atoms with Crippen molar-refractivity contribution in [3.05, 3.63) is 30.3 Å². The molecule has 0 aliphatic carbocycles. The summed E-state index contributed by atoms with van der Waals surface area (Å²) in [5, 5.41) is 5.60. The third-order valence-corrected chi connectivity index (χ3v) is 6.86. The van der Waals surface area contributed by atoms with Crippen molar-refractivity contribution in [2.24, 2.45) is 0 Å². The number of carbonyl (C=O) groups is 2. The van der Waals surface area contributed by atoms with E-state index in [-0.39, 0.29) is 24.7 Å². The highest BCUT2D eigenvalue weighted by Gasteiger charge is 2.39. The zero-order valence-corrected chi connectivity index (χ0v) is 17.6. The molecule has 0 aliphatic heterocycles. The van der Waals surface area contributed by atoms with Crippen molar-refractivity contribution in [2.45, 2.75) is 46.1 Å². The standard InChI is InChI=1S/C19H32N2O5Si/c1-4-24-27(25-5-2,26-6-3)16-10-15-20-18(22)13-14-19(23)21-17-11-8-7-9-12-17/h7-9,11-12H,4-6,10,13-16H2,1-3H3,(H,20,22)(H,21,23). The average molecular weight is 397 g/mol. The third kappa shape index (κ3) is 9.67. The molecule has 1 rings (SSSR count). The highest BCUT2D eigenvalue weighted by molar-refractivity contribution is 6.60. The molecule has 0 radical (unpaired) electrons. The van der Waals surface area contributed by atoms with E-state index in [2.05, 4.69) is 10.6 Å². The molecule has 0 aromatic heterocycles. The minimum absolute atomic E-state index is 0.144. The Balaban J connectivity index is 2.27. The van der Waals surface area contributed by atoms with Crippen LogP contribution in [0.1, 0.15) is 40.0 Å². The van der Waals surface area contributed by atoms with Gasteiger partial charge < -0.3 is 23.9 Å². The fourth-order valence-electron chi connectivity index (χ4n) is 2.59. The number of hydrogen-bond donors (Lipinski definition) is 2. The number of nitrogens with one attached hydrogen (secondary N) is 2. The van der Waals surface area contributed by atoms with Gasteiger partial charge in [0.2, 0.25) is 11.8 Å². The van der Waals surface area contributed by atoms with Gasteiger partial charge in [0.25, 0.3) is 0 Å². The first-order chi connectivity index (χ1) is 13.0. The molecule has 0 atom stereocenters. The monoisotopic (exact) mass is 396 g/mol. The highest BCUT2D eigenvalue weighted by Crippen LogP contribution is 2.17. The summed E-state index contributed by atoms with van der Waals surface area (Å²) in [5.41, 5.74) is 0.729. The molecule has 1 aromatic carbocycles. The molecule has 7 nitrogen and oxygen atoms in total. The first kappa shape index (κ1) is 23.3. The van der Waals surface area contributed by atoms with Crippen molar-refractivity contribution in [1.82, 2.24) is 5.32 Å².